The third-order valence-electron chi connectivity index (χ3n) is 3.07. The highest BCUT2D eigenvalue weighted by atomic mass is 79.9. The molecule has 0 atom stereocenters. The number of unbranched alkanes of at least 4 members (excludes halogenated alkanes) is 9. The lowest BCUT2D eigenvalue weighted by Crippen LogP contribution is -2.40. The summed E-state index contributed by atoms with van der Waals surface area (Å²) in [6.07, 6.45) is 12.9. The minimum Gasteiger partial charge on any atom is -0.343 e. The molecular formula is C14H32BrNO3. The van der Waals surface area contributed by atoms with E-state index in [-0.39, 0.29) is 23.5 Å². The van der Waals surface area contributed by atoms with Crippen molar-refractivity contribution in [2.75, 3.05) is 13.1 Å². The molecule has 0 heterocycles. The Morgan fingerprint density at radius 2 is 1.16 bits per heavy atom. The lowest BCUT2D eigenvalue weighted by molar-refractivity contribution is -0.306. The van der Waals surface area contributed by atoms with E-state index in [0.717, 1.165) is 19.4 Å². The van der Waals surface area contributed by atoms with Crippen LogP contribution in [0.5, 0.6) is 0 Å². The van der Waals surface area contributed by atoms with Crippen LogP contribution in [0, 0.1) is 0 Å². The average molecular weight is 342 g/mol. The zero-order chi connectivity index (χ0) is 13.7. The van der Waals surface area contributed by atoms with Crippen LogP contribution >= 0.6 is 17.0 Å². The number of nitrogens with one attached hydrogen (secondary N) is 1. The first-order valence-electron chi connectivity index (χ1n) is 7.44. The third kappa shape index (κ3) is 20.8. The quantitative estimate of drug-likeness (QED) is 0.307. The summed E-state index contributed by atoms with van der Waals surface area (Å²) in [5.41, 5.74) is 0. The van der Waals surface area contributed by atoms with Gasteiger partial charge in [0.05, 0.1) is 6.54 Å². The zero-order valence-corrected chi connectivity index (χ0v) is 13.9. The topological polar surface area (TPSA) is 72.7 Å². The zero-order valence-electron chi connectivity index (χ0n) is 12.2. The molecule has 0 aliphatic carbocycles. The van der Waals surface area contributed by atoms with Gasteiger partial charge in [0.15, 0.2) is 0 Å². The summed E-state index contributed by atoms with van der Waals surface area (Å²) in [7, 11) is 0. The highest BCUT2D eigenvalue weighted by Gasteiger charge is 2.15. The largest absolute Gasteiger partial charge is 0.343 e. The highest BCUT2D eigenvalue weighted by Crippen LogP contribution is 2.10. The number of halogens is 1. The van der Waals surface area contributed by atoms with Gasteiger partial charge in [0.1, 0.15) is 0 Å². The Labute approximate surface area is 128 Å². The Hall–Kier alpha value is 0.320. The maximum absolute atomic E-state index is 8.63. The molecule has 5 heteroatoms. The first-order valence-corrected chi connectivity index (χ1v) is 7.44. The average Bonchev–Trinajstić information content (AvgIpc) is 2.29. The van der Waals surface area contributed by atoms with E-state index >= 15 is 0 Å². The van der Waals surface area contributed by atoms with Crippen LogP contribution in [0.2, 0.25) is 0 Å². The normalized spacial score (nSPS) is 11.4. The smallest absolute Gasteiger partial charge is 0.288 e. The van der Waals surface area contributed by atoms with Gasteiger partial charge in [-0.3, -0.25) is 0 Å². The number of hydrogen-bond acceptors (Lipinski definition) is 4. The maximum Gasteiger partial charge on any atom is 0.288 e. The Balaban J connectivity index is 0. The van der Waals surface area contributed by atoms with Gasteiger partial charge in [-0.05, 0) is 13.0 Å². The molecule has 0 aliphatic rings. The molecular weight excluding hydrogens is 310 g/mol. The molecule has 0 aromatic heterocycles. The van der Waals surface area contributed by atoms with E-state index in [1.165, 1.54) is 51.4 Å². The summed E-state index contributed by atoms with van der Waals surface area (Å²) in [6.45, 7) is 2.77. The van der Waals surface area contributed by atoms with Crippen molar-refractivity contribution in [1.29, 1.82) is 0 Å². The molecule has 0 aromatic carbocycles. The molecule has 118 valence electrons. The SMILES string of the molecule is Br.CCCCCCCCCCCCNCC(O)(O)O. The number of hydrogen-bond donors (Lipinski definition) is 4. The third-order valence-corrected chi connectivity index (χ3v) is 3.07. The lowest BCUT2D eigenvalue weighted by atomic mass is 10.1. The molecule has 0 saturated heterocycles. The van der Waals surface area contributed by atoms with E-state index in [0.29, 0.717) is 0 Å². The molecule has 0 unspecified atom stereocenters. The molecule has 4 N–H and O–H groups in total. The predicted octanol–water partition coefficient (Wildman–Crippen LogP) is 2.71. The van der Waals surface area contributed by atoms with E-state index in [9.17, 15) is 0 Å². The Bertz CT molecular complexity index is 175. The molecule has 19 heavy (non-hydrogen) atoms. The van der Waals surface area contributed by atoms with Crippen molar-refractivity contribution in [1.82, 2.24) is 5.32 Å². The molecule has 0 fully saturated rings. The molecule has 0 aromatic rings. The molecule has 0 radical (unpaired) electrons. The van der Waals surface area contributed by atoms with Crippen LogP contribution in [-0.2, 0) is 0 Å². The summed E-state index contributed by atoms with van der Waals surface area (Å²) in [6, 6.07) is 0. The van der Waals surface area contributed by atoms with E-state index in [1.54, 1.807) is 0 Å². The van der Waals surface area contributed by atoms with Gasteiger partial charge < -0.3 is 20.6 Å². The van der Waals surface area contributed by atoms with Crippen molar-refractivity contribution in [3.63, 3.8) is 0 Å². The monoisotopic (exact) mass is 341 g/mol. The van der Waals surface area contributed by atoms with Gasteiger partial charge in [-0.15, -0.1) is 17.0 Å². The van der Waals surface area contributed by atoms with Crippen molar-refractivity contribution in [3.05, 3.63) is 0 Å². The number of rotatable bonds is 13. The molecule has 0 bridgehead atoms. The van der Waals surface area contributed by atoms with Gasteiger partial charge in [0, 0.05) is 0 Å². The van der Waals surface area contributed by atoms with Gasteiger partial charge >= 0.3 is 0 Å². The van der Waals surface area contributed by atoms with E-state index in [2.05, 4.69) is 12.2 Å². The van der Waals surface area contributed by atoms with Gasteiger partial charge in [-0.2, -0.15) is 0 Å². The summed E-state index contributed by atoms with van der Waals surface area (Å²) >= 11 is 0. The van der Waals surface area contributed by atoms with Gasteiger partial charge in [0.2, 0.25) is 0 Å². The first kappa shape index (κ1) is 21.6. The van der Waals surface area contributed by atoms with Crippen LogP contribution in [-0.4, -0.2) is 34.4 Å². The van der Waals surface area contributed by atoms with Gasteiger partial charge in [-0.25, -0.2) is 0 Å². The van der Waals surface area contributed by atoms with E-state index in [1.807, 2.05) is 0 Å². The van der Waals surface area contributed by atoms with E-state index in [4.69, 9.17) is 15.3 Å². The molecule has 0 saturated carbocycles. The van der Waals surface area contributed by atoms with Crippen LogP contribution in [0.1, 0.15) is 71.1 Å². The Kier molecular flexibility index (Phi) is 16.8. The maximum atomic E-state index is 8.63. The van der Waals surface area contributed by atoms with Crippen molar-refractivity contribution in [2.45, 2.75) is 77.1 Å². The number of aliphatic hydroxyl groups is 3. The van der Waals surface area contributed by atoms with Crippen LogP contribution < -0.4 is 5.32 Å². The van der Waals surface area contributed by atoms with E-state index < -0.39 is 5.97 Å². The fourth-order valence-corrected chi connectivity index (χ4v) is 1.99. The molecule has 0 rings (SSSR count). The van der Waals surface area contributed by atoms with Gasteiger partial charge in [0.25, 0.3) is 5.97 Å². The van der Waals surface area contributed by atoms with Crippen LogP contribution in [0.25, 0.3) is 0 Å². The summed E-state index contributed by atoms with van der Waals surface area (Å²) in [5.74, 6) is -2.57. The lowest BCUT2D eigenvalue weighted by Gasteiger charge is -2.14. The minimum absolute atomic E-state index is 0. The second-order valence-electron chi connectivity index (χ2n) is 5.13. The summed E-state index contributed by atoms with van der Waals surface area (Å²) in [4.78, 5) is 0. The summed E-state index contributed by atoms with van der Waals surface area (Å²) in [5, 5.41) is 28.7. The van der Waals surface area contributed by atoms with Crippen LogP contribution in [0.4, 0.5) is 0 Å². The van der Waals surface area contributed by atoms with Crippen molar-refractivity contribution < 1.29 is 15.3 Å². The predicted molar refractivity (Wildman–Crippen MR) is 84.4 cm³/mol. The van der Waals surface area contributed by atoms with Crippen molar-refractivity contribution in [3.8, 4) is 0 Å². The molecule has 4 nitrogen and oxygen atoms in total. The first-order chi connectivity index (χ1) is 8.56. The molecule has 0 aliphatic heterocycles. The molecule has 0 spiro atoms. The van der Waals surface area contributed by atoms with Crippen LogP contribution in [0.3, 0.4) is 0 Å². The Morgan fingerprint density at radius 3 is 1.58 bits per heavy atom. The minimum atomic E-state index is -2.57. The fraction of sp³-hybridized carbons (Fsp3) is 1.00. The Morgan fingerprint density at radius 1 is 0.737 bits per heavy atom. The second kappa shape index (κ2) is 14.7. The van der Waals surface area contributed by atoms with Crippen molar-refractivity contribution in [2.24, 2.45) is 0 Å². The van der Waals surface area contributed by atoms with Crippen molar-refractivity contribution >= 4 is 17.0 Å². The van der Waals surface area contributed by atoms with Crippen LogP contribution in [0.15, 0.2) is 0 Å². The molecule has 0 amide bonds. The second-order valence-corrected chi connectivity index (χ2v) is 5.13. The van der Waals surface area contributed by atoms with Gasteiger partial charge in [-0.1, -0.05) is 64.7 Å². The fourth-order valence-electron chi connectivity index (χ4n) is 1.99. The highest BCUT2D eigenvalue weighted by molar-refractivity contribution is 8.93. The standard InChI is InChI=1S/C14H31NO3.BrH/c1-2-3-4-5-6-7-8-9-10-11-12-15-13-14(16,17)18;/h15-18H,2-13H2,1H3;1H. The summed E-state index contributed by atoms with van der Waals surface area (Å²) < 4.78 is 0.